The van der Waals surface area contributed by atoms with Crippen molar-refractivity contribution in [1.29, 1.82) is 0 Å². The molecule has 1 aromatic carbocycles. The van der Waals surface area contributed by atoms with Gasteiger partial charge in [0.25, 0.3) is 0 Å². The Morgan fingerprint density at radius 2 is 1.95 bits per heavy atom. The summed E-state index contributed by atoms with van der Waals surface area (Å²) in [7, 11) is 1.80. The lowest BCUT2D eigenvalue weighted by atomic mass is 9.66. The highest BCUT2D eigenvalue weighted by molar-refractivity contribution is 6.30. The van der Waals surface area contributed by atoms with E-state index in [9.17, 15) is 0 Å². The number of nitrogens with zero attached hydrogens (tertiary/aromatic N) is 1. The quantitative estimate of drug-likeness (QED) is 0.845. The van der Waals surface area contributed by atoms with E-state index in [1.807, 2.05) is 12.1 Å². The summed E-state index contributed by atoms with van der Waals surface area (Å²) >= 11 is 5.96. The molecule has 2 aliphatic heterocycles. The third-order valence-electron chi connectivity index (χ3n) is 5.47. The lowest BCUT2D eigenvalue weighted by Crippen LogP contribution is -2.49. The molecule has 122 valence electrons. The minimum Gasteiger partial charge on any atom is -0.384 e. The van der Waals surface area contributed by atoms with Gasteiger partial charge in [0.1, 0.15) is 0 Å². The summed E-state index contributed by atoms with van der Waals surface area (Å²) in [6, 6.07) is 8.23. The van der Waals surface area contributed by atoms with Gasteiger partial charge in [-0.2, -0.15) is 0 Å². The molecule has 0 aromatic heterocycles. The number of likely N-dealkylation sites (tertiary alicyclic amines) is 1. The first-order valence-electron chi connectivity index (χ1n) is 8.25. The molecule has 0 aliphatic carbocycles. The van der Waals surface area contributed by atoms with Crippen molar-refractivity contribution in [2.75, 3.05) is 40.0 Å². The number of halogens is 1. The molecule has 2 fully saturated rings. The van der Waals surface area contributed by atoms with Crippen LogP contribution in [0.1, 0.15) is 24.8 Å². The molecule has 2 heterocycles. The van der Waals surface area contributed by atoms with Crippen LogP contribution in [0, 0.1) is 11.3 Å². The number of ether oxygens (including phenoxy) is 2. The minimum atomic E-state index is 0.435. The smallest absolute Gasteiger partial charge is 0.0521 e. The normalized spacial score (nSPS) is 25.5. The van der Waals surface area contributed by atoms with Crippen molar-refractivity contribution in [2.24, 2.45) is 11.3 Å². The summed E-state index contributed by atoms with van der Waals surface area (Å²) in [5.41, 5.74) is 1.78. The number of hydrogen-bond acceptors (Lipinski definition) is 3. The second-order valence-corrected chi connectivity index (χ2v) is 7.18. The highest BCUT2D eigenvalue weighted by atomic mass is 35.5. The summed E-state index contributed by atoms with van der Waals surface area (Å²) in [6.45, 7) is 5.98. The van der Waals surface area contributed by atoms with Crippen LogP contribution in [-0.4, -0.2) is 44.9 Å². The van der Waals surface area contributed by atoms with Gasteiger partial charge in [0.2, 0.25) is 0 Å². The first-order chi connectivity index (χ1) is 10.7. The Balaban J connectivity index is 1.58. The van der Waals surface area contributed by atoms with Crippen molar-refractivity contribution in [2.45, 2.75) is 25.8 Å². The fourth-order valence-electron chi connectivity index (χ4n) is 3.97. The predicted octanol–water partition coefficient (Wildman–Crippen LogP) is 3.61. The molecule has 22 heavy (non-hydrogen) atoms. The van der Waals surface area contributed by atoms with Crippen LogP contribution in [0.5, 0.6) is 0 Å². The Labute approximate surface area is 138 Å². The van der Waals surface area contributed by atoms with Crippen molar-refractivity contribution >= 4 is 11.6 Å². The maximum atomic E-state index is 5.96. The third-order valence-corrected chi connectivity index (χ3v) is 5.72. The van der Waals surface area contributed by atoms with Crippen LogP contribution in [0.3, 0.4) is 0 Å². The summed E-state index contributed by atoms with van der Waals surface area (Å²) in [5, 5.41) is 0.811. The lowest BCUT2D eigenvalue weighted by Gasteiger charge is -2.49. The van der Waals surface area contributed by atoms with Gasteiger partial charge in [-0.25, -0.2) is 0 Å². The van der Waals surface area contributed by atoms with Crippen molar-refractivity contribution < 1.29 is 9.47 Å². The van der Waals surface area contributed by atoms with E-state index in [0.29, 0.717) is 11.3 Å². The number of rotatable bonds is 4. The van der Waals surface area contributed by atoms with Crippen LogP contribution in [0.2, 0.25) is 5.02 Å². The molecule has 0 radical (unpaired) electrons. The van der Waals surface area contributed by atoms with Crippen molar-refractivity contribution in [3.8, 4) is 0 Å². The molecule has 0 N–H and O–H groups in total. The average molecular weight is 324 g/mol. The topological polar surface area (TPSA) is 21.7 Å². The van der Waals surface area contributed by atoms with E-state index >= 15 is 0 Å². The zero-order chi connectivity index (χ0) is 15.4. The Hall–Kier alpha value is -0.610. The molecular formula is C18H26ClNO2. The Morgan fingerprint density at radius 1 is 1.23 bits per heavy atom. The molecule has 0 saturated carbocycles. The van der Waals surface area contributed by atoms with Crippen molar-refractivity contribution in [3.05, 3.63) is 34.9 Å². The monoisotopic (exact) mass is 323 g/mol. The summed E-state index contributed by atoms with van der Waals surface area (Å²) in [6.07, 6.45) is 3.71. The van der Waals surface area contributed by atoms with E-state index in [2.05, 4.69) is 17.0 Å². The number of piperidine rings is 1. The van der Waals surface area contributed by atoms with E-state index in [-0.39, 0.29) is 0 Å². The van der Waals surface area contributed by atoms with Gasteiger partial charge < -0.3 is 9.47 Å². The number of hydrogen-bond donors (Lipinski definition) is 0. The molecule has 1 unspecified atom stereocenters. The SMILES string of the molecule is COCC1COCCC12CCN(Cc1ccc(Cl)cc1)CC2. The maximum Gasteiger partial charge on any atom is 0.0521 e. The molecule has 2 aliphatic rings. The predicted molar refractivity (Wildman–Crippen MR) is 89.2 cm³/mol. The van der Waals surface area contributed by atoms with Crippen LogP contribution in [-0.2, 0) is 16.0 Å². The van der Waals surface area contributed by atoms with E-state index in [0.717, 1.165) is 31.4 Å². The van der Waals surface area contributed by atoms with Crippen LogP contribution < -0.4 is 0 Å². The first-order valence-corrected chi connectivity index (χ1v) is 8.63. The van der Waals surface area contributed by atoms with Crippen LogP contribution in [0.15, 0.2) is 24.3 Å². The Kier molecular flexibility index (Phi) is 5.40. The van der Waals surface area contributed by atoms with Gasteiger partial charge in [-0.05, 0) is 55.5 Å². The van der Waals surface area contributed by atoms with Crippen LogP contribution in [0.25, 0.3) is 0 Å². The zero-order valence-electron chi connectivity index (χ0n) is 13.4. The molecule has 3 rings (SSSR count). The fourth-order valence-corrected chi connectivity index (χ4v) is 4.10. The van der Waals surface area contributed by atoms with Crippen LogP contribution >= 0.6 is 11.6 Å². The van der Waals surface area contributed by atoms with Gasteiger partial charge in [0, 0.05) is 31.2 Å². The third kappa shape index (κ3) is 3.65. The zero-order valence-corrected chi connectivity index (χ0v) is 14.1. The number of methoxy groups -OCH3 is 1. The fraction of sp³-hybridized carbons (Fsp3) is 0.667. The number of benzene rings is 1. The summed E-state index contributed by atoms with van der Waals surface area (Å²) < 4.78 is 11.1. The molecular weight excluding hydrogens is 298 g/mol. The highest BCUT2D eigenvalue weighted by Crippen LogP contribution is 2.44. The first kappa shape index (κ1) is 16.3. The Morgan fingerprint density at radius 3 is 2.64 bits per heavy atom. The highest BCUT2D eigenvalue weighted by Gasteiger charge is 2.43. The van der Waals surface area contributed by atoms with Gasteiger partial charge in [-0.3, -0.25) is 4.90 Å². The van der Waals surface area contributed by atoms with Gasteiger partial charge in [0.05, 0.1) is 13.2 Å². The molecule has 1 atom stereocenters. The van der Waals surface area contributed by atoms with E-state index in [1.165, 1.54) is 37.9 Å². The standard InChI is InChI=1S/C18H26ClNO2/c1-21-13-16-14-22-11-8-18(16)6-9-20(10-7-18)12-15-2-4-17(19)5-3-15/h2-5,16H,6-14H2,1H3. The average Bonchev–Trinajstić information content (AvgIpc) is 2.54. The van der Waals surface area contributed by atoms with Crippen molar-refractivity contribution in [1.82, 2.24) is 4.90 Å². The molecule has 1 aromatic rings. The summed E-state index contributed by atoms with van der Waals surface area (Å²) in [5.74, 6) is 0.559. The van der Waals surface area contributed by atoms with E-state index < -0.39 is 0 Å². The van der Waals surface area contributed by atoms with Crippen molar-refractivity contribution in [3.63, 3.8) is 0 Å². The van der Waals surface area contributed by atoms with Crippen LogP contribution in [0.4, 0.5) is 0 Å². The van der Waals surface area contributed by atoms with E-state index in [4.69, 9.17) is 21.1 Å². The van der Waals surface area contributed by atoms with Gasteiger partial charge in [0.15, 0.2) is 0 Å². The Bertz CT molecular complexity index is 466. The largest absolute Gasteiger partial charge is 0.384 e. The molecule has 0 bridgehead atoms. The maximum absolute atomic E-state index is 5.96. The minimum absolute atomic E-state index is 0.435. The molecule has 3 nitrogen and oxygen atoms in total. The summed E-state index contributed by atoms with van der Waals surface area (Å²) in [4.78, 5) is 2.56. The molecule has 0 amide bonds. The van der Waals surface area contributed by atoms with E-state index in [1.54, 1.807) is 7.11 Å². The molecule has 4 heteroatoms. The van der Waals surface area contributed by atoms with Gasteiger partial charge in [-0.15, -0.1) is 0 Å². The molecule has 2 saturated heterocycles. The van der Waals surface area contributed by atoms with Gasteiger partial charge >= 0.3 is 0 Å². The molecule has 1 spiro atoms. The van der Waals surface area contributed by atoms with Gasteiger partial charge in [-0.1, -0.05) is 23.7 Å². The second-order valence-electron chi connectivity index (χ2n) is 6.74. The lowest BCUT2D eigenvalue weighted by molar-refractivity contribution is -0.0951. The second kappa shape index (κ2) is 7.31.